The van der Waals surface area contributed by atoms with Crippen LogP contribution in [0.25, 0.3) is 0 Å². The molecule has 1 heterocycles. The van der Waals surface area contributed by atoms with E-state index in [0.717, 1.165) is 11.4 Å². The average molecular weight is 291 g/mol. The van der Waals surface area contributed by atoms with Crippen molar-refractivity contribution in [3.63, 3.8) is 0 Å². The van der Waals surface area contributed by atoms with Crippen molar-refractivity contribution >= 4 is 23.1 Å². The molecule has 3 aromatic rings. The number of nitrogens with zero attached hydrogens (tertiary/aromatic N) is 3. The van der Waals surface area contributed by atoms with E-state index < -0.39 is 0 Å². The van der Waals surface area contributed by atoms with Crippen molar-refractivity contribution in [3.8, 4) is 0 Å². The van der Waals surface area contributed by atoms with Crippen LogP contribution in [0.15, 0.2) is 54.7 Å². The van der Waals surface area contributed by atoms with Gasteiger partial charge < -0.3 is 10.6 Å². The van der Waals surface area contributed by atoms with E-state index in [1.807, 2.05) is 36.4 Å². The molecule has 0 saturated carbocycles. The third kappa shape index (κ3) is 3.38. The maximum atomic E-state index is 4.42. The smallest absolute Gasteiger partial charge is 0.249 e. The van der Waals surface area contributed by atoms with Gasteiger partial charge in [-0.15, -0.1) is 5.10 Å². The SMILES string of the molecule is Cc1ccc(Nc2nncc(Nc3ccccc3)n2)cc1C. The highest BCUT2D eigenvalue weighted by molar-refractivity contribution is 5.59. The second kappa shape index (κ2) is 6.22. The van der Waals surface area contributed by atoms with Gasteiger partial charge in [0.2, 0.25) is 5.95 Å². The van der Waals surface area contributed by atoms with Crippen molar-refractivity contribution < 1.29 is 0 Å². The van der Waals surface area contributed by atoms with Gasteiger partial charge in [-0.05, 0) is 49.2 Å². The molecule has 0 spiro atoms. The molecule has 0 bridgehead atoms. The zero-order chi connectivity index (χ0) is 15.4. The van der Waals surface area contributed by atoms with Crippen LogP contribution in [-0.2, 0) is 0 Å². The molecule has 0 radical (unpaired) electrons. The van der Waals surface area contributed by atoms with Gasteiger partial charge >= 0.3 is 0 Å². The summed E-state index contributed by atoms with van der Waals surface area (Å²) in [6.45, 7) is 4.16. The molecule has 0 aliphatic carbocycles. The molecule has 0 aliphatic heterocycles. The number of rotatable bonds is 4. The fourth-order valence-corrected chi connectivity index (χ4v) is 2.03. The Morgan fingerprint density at radius 2 is 1.64 bits per heavy atom. The summed E-state index contributed by atoms with van der Waals surface area (Å²) in [5, 5.41) is 14.4. The summed E-state index contributed by atoms with van der Waals surface area (Å²) in [6.07, 6.45) is 1.60. The van der Waals surface area contributed by atoms with Crippen LogP contribution in [0.3, 0.4) is 0 Å². The van der Waals surface area contributed by atoms with Crippen LogP contribution < -0.4 is 10.6 Å². The molecule has 0 saturated heterocycles. The number of anilines is 4. The van der Waals surface area contributed by atoms with Crippen LogP contribution in [-0.4, -0.2) is 15.2 Å². The third-order valence-corrected chi connectivity index (χ3v) is 3.37. The number of para-hydroxylation sites is 1. The maximum Gasteiger partial charge on any atom is 0.249 e. The first-order chi connectivity index (χ1) is 10.7. The second-order valence-electron chi connectivity index (χ2n) is 5.08. The van der Waals surface area contributed by atoms with Gasteiger partial charge in [0, 0.05) is 11.4 Å². The van der Waals surface area contributed by atoms with Gasteiger partial charge in [-0.1, -0.05) is 24.3 Å². The van der Waals surface area contributed by atoms with Crippen LogP contribution in [0.2, 0.25) is 0 Å². The highest BCUT2D eigenvalue weighted by atomic mass is 15.3. The molecule has 0 fully saturated rings. The summed E-state index contributed by atoms with van der Waals surface area (Å²) in [6, 6.07) is 16.0. The van der Waals surface area contributed by atoms with Gasteiger partial charge in [0.25, 0.3) is 0 Å². The van der Waals surface area contributed by atoms with E-state index >= 15 is 0 Å². The van der Waals surface area contributed by atoms with Gasteiger partial charge in [-0.2, -0.15) is 10.1 Å². The van der Waals surface area contributed by atoms with Gasteiger partial charge in [0.1, 0.15) is 0 Å². The Morgan fingerprint density at radius 3 is 2.41 bits per heavy atom. The van der Waals surface area contributed by atoms with E-state index in [9.17, 15) is 0 Å². The Bertz CT molecular complexity index is 771. The fourth-order valence-electron chi connectivity index (χ4n) is 2.03. The minimum atomic E-state index is 0.462. The molecular weight excluding hydrogens is 274 g/mol. The summed E-state index contributed by atoms with van der Waals surface area (Å²) < 4.78 is 0. The Hall–Kier alpha value is -2.95. The summed E-state index contributed by atoms with van der Waals surface area (Å²) >= 11 is 0. The number of benzene rings is 2. The molecule has 5 heteroatoms. The maximum absolute atomic E-state index is 4.42. The molecule has 2 N–H and O–H groups in total. The molecule has 0 atom stereocenters. The highest BCUT2D eigenvalue weighted by Gasteiger charge is 2.03. The fraction of sp³-hybridized carbons (Fsp3) is 0.118. The van der Waals surface area contributed by atoms with Crippen molar-refractivity contribution in [2.24, 2.45) is 0 Å². The first kappa shape index (κ1) is 14.0. The lowest BCUT2D eigenvalue weighted by molar-refractivity contribution is 0.982. The first-order valence-corrected chi connectivity index (χ1v) is 7.07. The summed E-state index contributed by atoms with van der Waals surface area (Å²) in [7, 11) is 0. The quantitative estimate of drug-likeness (QED) is 0.761. The predicted molar refractivity (Wildman–Crippen MR) is 88.8 cm³/mol. The number of aromatic nitrogens is 3. The van der Waals surface area contributed by atoms with E-state index in [0.29, 0.717) is 11.8 Å². The molecule has 1 aromatic heterocycles. The molecule has 110 valence electrons. The van der Waals surface area contributed by atoms with E-state index in [2.05, 4.69) is 51.8 Å². The molecular formula is C17H17N5. The van der Waals surface area contributed by atoms with Gasteiger partial charge in [0.15, 0.2) is 5.82 Å². The Morgan fingerprint density at radius 1 is 0.818 bits per heavy atom. The summed E-state index contributed by atoms with van der Waals surface area (Å²) in [5.41, 5.74) is 4.38. The minimum absolute atomic E-state index is 0.462. The number of hydrogen-bond acceptors (Lipinski definition) is 5. The third-order valence-electron chi connectivity index (χ3n) is 3.37. The Balaban J connectivity index is 1.77. The Kier molecular flexibility index (Phi) is 3.96. The van der Waals surface area contributed by atoms with Gasteiger partial charge in [-0.3, -0.25) is 0 Å². The van der Waals surface area contributed by atoms with E-state index in [1.54, 1.807) is 6.20 Å². The predicted octanol–water partition coefficient (Wildman–Crippen LogP) is 3.98. The van der Waals surface area contributed by atoms with E-state index in [4.69, 9.17) is 0 Å². The van der Waals surface area contributed by atoms with Crippen LogP contribution in [0.4, 0.5) is 23.1 Å². The average Bonchev–Trinajstić information content (AvgIpc) is 2.52. The van der Waals surface area contributed by atoms with E-state index in [-0.39, 0.29) is 0 Å². The zero-order valence-electron chi connectivity index (χ0n) is 12.5. The van der Waals surface area contributed by atoms with Crippen LogP contribution in [0.1, 0.15) is 11.1 Å². The van der Waals surface area contributed by atoms with Crippen LogP contribution in [0, 0.1) is 13.8 Å². The zero-order valence-corrected chi connectivity index (χ0v) is 12.5. The standard InChI is InChI=1S/C17H17N5/c1-12-8-9-15(10-13(12)2)20-17-21-16(11-18-22-17)19-14-6-4-3-5-7-14/h3-11H,1-2H3,(H2,19,20,21,22). The molecule has 5 nitrogen and oxygen atoms in total. The van der Waals surface area contributed by atoms with Gasteiger partial charge in [-0.25, -0.2) is 0 Å². The number of nitrogens with one attached hydrogen (secondary N) is 2. The topological polar surface area (TPSA) is 62.7 Å². The van der Waals surface area contributed by atoms with Crippen LogP contribution in [0.5, 0.6) is 0 Å². The molecule has 0 unspecified atom stereocenters. The normalized spacial score (nSPS) is 10.3. The van der Waals surface area contributed by atoms with Crippen molar-refractivity contribution in [1.29, 1.82) is 0 Å². The largest absolute Gasteiger partial charge is 0.339 e. The lowest BCUT2D eigenvalue weighted by Crippen LogP contribution is -2.02. The highest BCUT2D eigenvalue weighted by Crippen LogP contribution is 2.18. The number of hydrogen-bond donors (Lipinski definition) is 2. The molecule has 0 amide bonds. The van der Waals surface area contributed by atoms with Gasteiger partial charge in [0.05, 0.1) is 6.20 Å². The van der Waals surface area contributed by atoms with Crippen LogP contribution >= 0.6 is 0 Å². The molecule has 3 rings (SSSR count). The molecule has 0 aliphatic rings. The summed E-state index contributed by atoms with van der Waals surface area (Å²) in [4.78, 5) is 4.42. The van der Waals surface area contributed by atoms with Crippen molar-refractivity contribution in [1.82, 2.24) is 15.2 Å². The lowest BCUT2D eigenvalue weighted by atomic mass is 10.1. The van der Waals surface area contributed by atoms with Crippen molar-refractivity contribution in [2.75, 3.05) is 10.6 Å². The monoisotopic (exact) mass is 291 g/mol. The minimum Gasteiger partial charge on any atom is -0.339 e. The first-order valence-electron chi connectivity index (χ1n) is 7.07. The molecule has 2 aromatic carbocycles. The number of aryl methyl sites for hydroxylation is 2. The molecule has 22 heavy (non-hydrogen) atoms. The van der Waals surface area contributed by atoms with E-state index in [1.165, 1.54) is 11.1 Å². The lowest BCUT2D eigenvalue weighted by Gasteiger charge is -2.09. The second-order valence-corrected chi connectivity index (χ2v) is 5.08. The Labute approximate surface area is 129 Å². The summed E-state index contributed by atoms with van der Waals surface area (Å²) in [5.74, 6) is 1.11. The van der Waals surface area contributed by atoms with Crippen molar-refractivity contribution in [2.45, 2.75) is 13.8 Å². The van der Waals surface area contributed by atoms with Crippen molar-refractivity contribution in [3.05, 3.63) is 65.9 Å².